The largest absolute Gasteiger partial charge is 0.490 e. The average Bonchev–Trinajstić information content (AvgIpc) is 3.08. The normalized spacial score (nSPS) is 16.7. The van der Waals surface area contributed by atoms with E-state index in [0.29, 0.717) is 12.8 Å². The molecule has 1 aliphatic heterocycles. The number of hydrogen-bond donors (Lipinski definition) is 2. The fraction of sp³-hybridized carbons (Fsp3) is 0.400. The first-order valence-corrected chi connectivity index (χ1v) is 14.2. The molecule has 1 saturated carbocycles. The maximum absolute atomic E-state index is 15.3. The van der Waals surface area contributed by atoms with E-state index in [1.807, 2.05) is 0 Å². The van der Waals surface area contributed by atoms with Crippen molar-refractivity contribution >= 4 is 45.8 Å². The number of ether oxygens (including phenoxy) is 2. The minimum Gasteiger partial charge on any atom is -0.490 e. The molecule has 0 bridgehead atoms. The summed E-state index contributed by atoms with van der Waals surface area (Å²) < 4.78 is 94.5. The summed E-state index contributed by atoms with van der Waals surface area (Å²) in [5.74, 6) is -3.55. The third kappa shape index (κ3) is 6.43. The number of carbonyl (C=O) groups excluding carboxylic acids is 2. The maximum Gasteiger partial charge on any atom is 0.310 e. The molecule has 2 N–H and O–H groups in total. The molecule has 1 amide bonds. The van der Waals surface area contributed by atoms with E-state index in [0.717, 1.165) is 17.4 Å². The molecule has 4 rings (SSSR count). The molecule has 222 valence electrons. The molecule has 0 aromatic heterocycles. The number of carbonyl (C=O) groups is 2. The standard InChI is InChI=1S/C25H27F6N3O4S.ClH/c1-3-37-20-10-16-12-34(24(32)21(16)22(26)23(20)38-4-2)13-19(35)15-8-17(33-25(36)14-6-5-7-14)11-18(9-15)39(27,28,29,30)31;/h8-11,14,32H,3-7,12-13H2,1-2H3,(H,33,36);1H. The highest BCUT2D eigenvalue weighted by Gasteiger charge is 2.65. The molecule has 0 spiro atoms. The maximum atomic E-state index is 15.3. The van der Waals surface area contributed by atoms with Gasteiger partial charge in [0.1, 0.15) is 10.7 Å². The number of hydrogen-bond acceptors (Lipinski definition) is 5. The third-order valence-electron chi connectivity index (χ3n) is 6.52. The molecule has 2 aliphatic rings. The van der Waals surface area contributed by atoms with Gasteiger partial charge in [0.2, 0.25) is 5.91 Å². The molecule has 0 saturated heterocycles. The number of fused-ring (bicyclic) bond motifs is 1. The van der Waals surface area contributed by atoms with E-state index in [1.54, 1.807) is 13.8 Å². The van der Waals surface area contributed by atoms with Crippen LogP contribution in [0.15, 0.2) is 29.2 Å². The number of rotatable bonds is 10. The molecule has 15 heteroatoms. The summed E-state index contributed by atoms with van der Waals surface area (Å²) in [7, 11) is -10.2. The lowest BCUT2D eigenvalue weighted by molar-refractivity contribution is -0.122. The van der Waals surface area contributed by atoms with E-state index in [9.17, 15) is 29.0 Å². The van der Waals surface area contributed by atoms with Crippen molar-refractivity contribution in [2.75, 3.05) is 25.1 Å². The van der Waals surface area contributed by atoms with Crippen molar-refractivity contribution in [3.8, 4) is 11.5 Å². The van der Waals surface area contributed by atoms with Crippen LogP contribution in [0.3, 0.4) is 0 Å². The van der Waals surface area contributed by atoms with Crippen molar-refractivity contribution in [2.24, 2.45) is 5.92 Å². The highest BCUT2D eigenvalue weighted by atomic mass is 35.5. The predicted octanol–water partition coefficient (Wildman–Crippen LogP) is 7.46. The minimum absolute atomic E-state index is 0. The van der Waals surface area contributed by atoms with E-state index in [1.165, 1.54) is 6.07 Å². The second kappa shape index (κ2) is 10.4. The molecule has 0 atom stereocenters. The zero-order chi connectivity index (χ0) is 28.8. The van der Waals surface area contributed by atoms with Gasteiger partial charge in [-0.05, 0) is 56.5 Å². The lowest BCUT2D eigenvalue weighted by atomic mass is 9.85. The van der Waals surface area contributed by atoms with Crippen molar-refractivity contribution in [3.63, 3.8) is 0 Å². The molecule has 0 radical (unpaired) electrons. The Morgan fingerprint density at radius 2 is 1.70 bits per heavy atom. The van der Waals surface area contributed by atoms with Crippen LogP contribution in [0.5, 0.6) is 11.5 Å². The Morgan fingerprint density at radius 1 is 1.05 bits per heavy atom. The van der Waals surface area contributed by atoms with Gasteiger partial charge in [0, 0.05) is 23.7 Å². The molecule has 0 unspecified atom stereocenters. The number of amidine groups is 1. The molecule has 40 heavy (non-hydrogen) atoms. The van der Waals surface area contributed by atoms with Gasteiger partial charge < -0.3 is 19.7 Å². The molecule has 1 heterocycles. The van der Waals surface area contributed by atoms with Gasteiger partial charge in [-0.2, -0.15) is 0 Å². The lowest BCUT2D eigenvalue weighted by Crippen LogP contribution is -2.31. The van der Waals surface area contributed by atoms with Crippen molar-refractivity contribution < 1.29 is 42.9 Å². The zero-order valence-electron chi connectivity index (χ0n) is 21.5. The van der Waals surface area contributed by atoms with Gasteiger partial charge in [-0.25, -0.2) is 4.39 Å². The molecule has 1 aliphatic carbocycles. The number of halogens is 7. The van der Waals surface area contributed by atoms with Crippen molar-refractivity contribution in [1.29, 1.82) is 5.41 Å². The average molecular weight is 616 g/mol. The van der Waals surface area contributed by atoms with Crippen LogP contribution in [0.25, 0.3) is 0 Å². The highest BCUT2D eigenvalue weighted by Crippen LogP contribution is 3.02. The quantitative estimate of drug-likeness (QED) is 0.214. The summed E-state index contributed by atoms with van der Waals surface area (Å²) in [6.07, 6.45) is 1.79. The van der Waals surface area contributed by atoms with Gasteiger partial charge in [0.15, 0.2) is 23.1 Å². The molecule has 1 fully saturated rings. The summed E-state index contributed by atoms with van der Waals surface area (Å²) in [6.45, 7) is 2.74. The minimum atomic E-state index is -10.2. The summed E-state index contributed by atoms with van der Waals surface area (Å²) in [5, 5.41) is 10.6. The molecule has 2 aromatic carbocycles. The zero-order valence-corrected chi connectivity index (χ0v) is 23.1. The predicted molar refractivity (Wildman–Crippen MR) is 141 cm³/mol. The van der Waals surface area contributed by atoms with Gasteiger partial charge in [0.05, 0.1) is 25.3 Å². The fourth-order valence-corrected chi connectivity index (χ4v) is 5.09. The van der Waals surface area contributed by atoms with Crippen LogP contribution >= 0.6 is 22.6 Å². The topological polar surface area (TPSA) is 91.7 Å². The van der Waals surface area contributed by atoms with E-state index >= 15 is 4.39 Å². The van der Waals surface area contributed by atoms with Gasteiger partial charge in [-0.15, -0.1) is 12.4 Å². The van der Waals surface area contributed by atoms with E-state index in [2.05, 4.69) is 5.32 Å². The van der Waals surface area contributed by atoms with E-state index in [-0.39, 0.29) is 66.9 Å². The number of nitrogens with zero attached hydrogens (tertiary/aromatic N) is 1. The molecule has 2 aromatic rings. The Hall–Kier alpha value is -3.13. The van der Waals surface area contributed by atoms with Crippen LogP contribution in [0, 0.1) is 17.1 Å². The van der Waals surface area contributed by atoms with Crippen LogP contribution in [0.2, 0.25) is 0 Å². The first kappa shape index (κ1) is 31.4. The van der Waals surface area contributed by atoms with Crippen LogP contribution in [-0.4, -0.2) is 42.2 Å². The Bertz CT molecular complexity index is 1370. The van der Waals surface area contributed by atoms with E-state index in [4.69, 9.17) is 14.9 Å². The Labute approximate surface area is 232 Å². The van der Waals surface area contributed by atoms with Crippen LogP contribution < -0.4 is 14.8 Å². The number of Topliss-reactive ketones (excluding diaryl/α,β-unsaturated/α-hetero) is 1. The molecular formula is C25H28ClF6N3O4S. The second-order valence-corrected chi connectivity index (χ2v) is 11.8. The second-order valence-electron chi connectivity index (χ2n) is 9.38. The lowest BCUT2D eigenvalue weighted by Gasteiger charge is -2.41. The summed E-state index contributed by atoms with van der Waals surface area (Å²) >= 11 is 0. The van der Waals surface area contributed by atoms with Crippen molar-refractivity contribution in [2.45, 2.75) is 44.6 Å². The monoisotopic (exact) mass is 615 g/mol. The SMILES string of the molecule is CCOc1cc2c(c(F)c1OCC)C(=N)N(CC(=O)c1cc(NC(=O)C3CCC3)cc(S(F)(F)(F)(F)F)c1)C2.Cl. The Morgan fingerprint density at radius 3 is 2.25 bits per heavy atom. The smallest absolute Gasteiger partial charge is 0.310 e. The summed E-state index contributed by atoms with van der Waals surface area (Å²) in [4.78, 5) is 24.1. The molecule has 7 nitrogen and oxygen atoms in total. The van der Waals surface area contributed by atoms with E-state index < -0.39 is 62.2 Å². The van der Waals surface area contributed by atoms with Gasteiger partial charge in [-0.1, -0.05) is 25.8 Å². The highest BCUT2D eigenvalue weighted by molar-refractivity contribution is 8.45. The fourth-order valence-electron chi connectivity index (χ4n) is 4.39. The van der Waals surface area contributed by atoms with Crippen LogP contribution in [0.4, 0.5) is 29.5 Å². The third-order valence-corrected chi connectivity index (χ3v) is 7.65. The number of ketones is 1. The Balaban J connectivity index is 0.00000441. The van der Waals surface area contributed by atoms with Crippen molar-refractivity contribution in [1.82, 2.24) is 4.90 Å². The van der Waals surface area contributed by atoms with Gasteiger partial charge in [0.25, 0.3) is 0 Å². The van der Waals surface area contributed by atoms with Gasteiger partial charge in [-0.3, -0.25) is 15.0 Å². The number of benzene rings is 2. The first-order chi connectivity index (χ1) is 18.0. The van der Waals surface area contributed by atoms with Crippen LogP contribution in [-0.2, 0) is 11.3 Å². The Kier molecular flexibility index (Phi) is 8.14. The summed E-state index contributed by atoms with van der Waals surface area (Å²) in [5.41, 5.74) is -1.20. The number of nitrogens with one attached hydrogen (secondary N) is 2. The van der Waals surface area contributed by atoms with Crippen LogP contribution in [0.1, 0.15) is 54.6 Å². The first-order valence-electron chi connectivity index (χ1n) is 12.2. The molecular weight excluding hydrogens is 588 g/mol. The van der Waals surface area contributed by atoms with Crippen molar-refractivity contribution in [3.05, 3.63) is 46.8 Å². The van der Waals surface area contributed by atoms with Gasteiger partial charge >= 0.3 is 10.2 Å². The number of anilines is 1. The summed E-state index contributed by atoms with van der Waals surface area (Å²) in [6, 6.07) is 2.49. The number of amides is 1.